The highest BCUT2D eigenvalue weighted by Crippen LogP contribution is 2.10. The van der Waals surface area contributed by atoms with Crippen LogP contribution < -0.4 is 16.6 Å². The maximum Gasteiger partial charge on any atom is 0.205 e. The van der Waals surface area contributed by atoms with Crippen LogP contribution in [0.1, 0.15) is 33.6 Å². The van der Waals surface area contributed by atoms with Crippen molar-refractivity contribution in [2.75, 3.05) is 26.2 Å². The molecule has 1 heterocycles. The summed E-state index contributed by atoms with van der Waals surface area (Å²) in [7, 11) is 0. The van der Waals surface area contributed by atoms with Gasteiger partial charge in [0.1, 0.15) is 0 Å². The van der Waals surface area contributed by atoms with Gasteiger partial charge in [0, 0.05) is 19.1 Å². The second-order valence-corrected chi connectivity index (χ2v) is 5.25. The molecule has 1 unspecified atom stereocenters. The SMILES string of the molecule is CC(CN=C(NN)NC(C)C)CN1CCCC1. The van der Waals surface area contributed by atoms with Gasteiger partial charge in [-0.05, 0) is 45.7 Å². The highest BCUT2D eigenvalue weighted by molar-refractivity contribution is 5.79. The van der Waals surface area contributed by atoms with Crippen molar-refractivity contribution in [1.82, 2.24) is 15.6 Å². The average molecular weight is 241 g/mol. The summed E-state index contributed by atoms with van der Waals surface area (Å²) in [5.74, 6) is 6.68. The van der Waals surface area contributed by atoms with Crippen molar-refractivity contribution in [3.8, 4) is 0 Å². The maximum absolute atomic E-state index is 5.42. The minimum Gasteiger partial charge on any atom is -0.353 e. The van der Waals surface area contributed by atoms with Crippen molar-refractivity contribution < 1.29 is 0 Å². The summed E-state index contributed by atoms with van der Waals surface area (Å²) in [4.78, 5) is 6.99. The number of likely N-dealkylation sites (tertiary alicyclic amines) is 1. The zero-order valence-electron chi connectivity index (χ0n) is 11.4. The van der Waals surface area contributed by atoms with E-state index in [1.54, 1.807) is 0 Å². The van der Waals surface area contributed by atoms with Crippen molar-refractivity contribution in [2.24, 2.45) is 16.8 Å². The van der Waals surface area contributed by atoms with Crippen LogP contribution in [0.15, 0.2) is 4.99 Å². The molecule has 5 nitrogen and oxygen atoms in total. The Labute approximate surface area is 105 Å². The number of nitrogens with two attached hydrogens (primary N) is 1. The Kier molecular flexibility index (Phi) is 6.29. The van der Waals surface area contributed by atoms with E-state index in [1.165, 1.54) is 25.9 Å². The Morgan fingerprint density at radius 2 is 1.94 bits per heavy atom. The van der Waals surface area contributed by atoms with Gasteiger partial charge in [0.05, 0.1) is 0 Å². The van der Waals surface area contributed by atoms with Crippen LogP contribution in [0.2, 0.25) is 0 Å². The van der Waals surface area contributed by atoms with Crippen molar-refractivity contribution in [2.45, 2.75) is 39.7 Å². The first-order valence-corrected chi connectivity index (χ1v) is 6.61. The monoisotopic (exact) mass is 241 g/mol. The molecular formula is C12H27N5. The summed E-state index contributed by atoms with van der Waals surface area (Å²) in [5, 5.41) is 3.18. The number of hydrogen-bond acceptors (Lipinski definition) is 3. The van der Waals surface area contributed by atoms with Crippen molar-refractivity contribution in [3.05, 3.63) is 0 Å². The van der Waals surface area contributed by atoms with E-state index in [9.17, 15) is 0 Å². The molecule has 1 fully saturated rings. The van der Waals surface area contributed by atoms with Crippen LogP contribution in [0.3, 0.4) is 0 Å². The van der Waals surface area contributed by atoms with Crippen molar-refractivity contribution in [1.29, 1.82) is 0 Å². The van der Waals surface area contributed by atoms with Gasteiger partial charge in [-0.2, -0.15) is 0 Å². The maximum atomic E-state index is 5.42. The van der Waals surface area contributed by atoms with E-state index < -0.39 is 0 Å². The normalized spacial score (nSPS) is 19.7. The molecule has 0 aromatic heterocycles. The fourth-order valence-corrected chi connectivity index (χ4v) is 2.12. The van der Waals surface area contributed by atoms with Gasteiger partial charge in [0.25, 0.3) is 0 Å². The molecule has 0 bridgehead atoms. The predicted molar refractivity (Wildman–Crippen MR) is 72.7 cm³/mol. The van der Waals surface area contributed by atoms with Gasteiger partial charge in [-0.15, -0.1) is 0 Å². The number of rotatable bonds is 5. The summed E-state index contributed by atoms with van der Waals surface area (Å²) in [6.07, 6.45) is 2.70. The molecule has 5 heteroatoms. The lowest BCUT2D eigenvalue weighted by atomic mass is 10.2. The summed E-state index contributed by atoms with van der Waals surface area (Å²) >= 11 is 0. The molecular weight excluding hydrogens is 214 g/mol. The molecule has 17 heavy (non-hydrogen) atoms. The fraction of sp³-hybridized carbons (Fsp3) is 0.917. The lowest BCUT2D eigenvalue weighted by molar-refractivity contribution is 0.291. The van der Waals surface area contributed by atoms with E-state index in [0.29, 0.717) is 17.9 Å². The van der Waals surface area contributed by atoms with Crippen LogP contribution in [-0.4, -0.2) is 43.1 Å². The standard InChI is InChI=1S/C12H27N5/c1-10(2)15-12(16-13)14-8-11(3)9-17-6-4-5-7-17/h10-11H,4-9,13H2,1-3H3,(H2,14,15,16). The molecule has 1 aliphatic heterocycles. The van der Waals surface area contributed by atoms with Crippen LogP contribution in [0.25, 0.3) is 0 Å². The third kappa shape index (κ3) is 5.89. The van der Waals surface area contributed by atoms with Crippen LogP contribution in [-0.2, 0) is 0 Å². The molecule has 1 atom stereocenters. The zero-order chi connectivity index (χ0) is 12.7. The van der Waals surface area contributed by atoms with Crippen molar-refractivity contribution in [3.63, 3.8) is 0 Å². The third-order valence-corrected chi connectivity index (χ3v) is 2.89. The largest absolute Gasteiger partial charge is 0.353 e. The molecule has 0 aliphatic carbocycles. The smallest absolute Gasteiger partial charge is 0.205 e. The topological polar surface area (TPSA) is 65.7 Å². The van der Waals surface area contributed by atoms with Crippen LogP contribution in [0.4, 0.5) is 0 Å². The molecule has 0 amide bonds. The Morgan fingerprint density at radius 3 is 2.47 bits per heavy atom. The highest BCUT2D eigenvalue weighted by atomic mass is 15.3. The molecule has 4 N–H and O–H groups in total. The van der Waals surface area contributed by atoms with Crippen molar-refractivity contribution >= 4 is 5.96 Å². The van der Waals surface area contributed by atoms with E-state index >= 15 is 0 Å². The van der Waals surface area contributed by atoms with Gasteiger partial charge in [0.2, 0.25) is 5.96 Å². The Bertz CT molecular complexity index is 233. The first-order chi connectivity index (χ1) is 8.11. The molecule has 1 rings (SSSR count). The lowest BCUT2D eigenvalue weighted by Gasteiger charge is -2.19. The molecule has 0 aromatic rings. The summed E-state index contributed by atoms with van der Waals surface area (Å²) in [6, 6.07) is 0.346. The zero-order valence-corrected chi connectivity index (χ0v) is 11.4. The fourth-order valence-electron chi connectivity index (χ4n) is 2.12. The number of guanidine groups is 1. The van der Waals surface area contributed by atoms with E-state index in [4.69, 9.17) is 5.84 Å². The number of hydrogen-bond donors (Lipinski definition) is 3. The second-order valence-electron chi connectivity index (χ2n) is 5.25. The number of aliphatic imine (C=N–C) groups is 1. The Balaban J connectivity index is 2.28. The van der Waals surface area contributed by atoms with Gasteiger partial charge < -0.3 is 10.2 Å². The molecule has 100 valence electrons. The first kappa shape index (κ1) is 14.3. The molecule has 0 spiro atoms. The van der Waals surface area contributed by atoms with Gasteiger partial charge in [0.15, 0.2) is 0 Å². The van der Waals surface area contributed by atoms with E-state index in [1.807, 2.05) is 0 Å². The van der Waals surface area contributed by atoms with Gasteiger partial charge in [-0.25, -0.2) is 5.84 Å². The number of nitrogens with one attached hydrogen (secondary N) is 2. The quantitative estimate of drug-likeness (QED) is 0.284. The third-order valence-electron chi connectivity index (χ3n) is 2.89. The minimum absolute atomic E-state index is 0.346. The average Bonchev–Trinajstić information content (AvgIpc) is 2.76. The molecule has 0 saturated carbocycles. The molecule has 0 radical (unpaired) electrons. The molecule has 0 aromatic carbocycles. The van der Waals surface area contributed by atoms with E-state index in [0.717, 1.165) is 13.1 Å². The van der Waals surface area contributed by atoms with E-state index in [2.05, 4.69) is 41.4 Å². The van der Waals surface area contributed by atoms with Crippen LogP contribution in [0, 0.1) is 5.92 Å². The summed E-state index contributed by atoms with van der Waals surface area (Å²) in [5.41, 5.74) is 2.61. The van der Waals surface area contributed by atoms with E-state index in [-0.39, 0.29) is 0 Å². The Hall–Kier alpha value is -0.810. The summed E-state index contributed by atoms with van der Waals surface area (Å²) < 4.78 is 0. The van der Waals surface area contributed by atoms with Crippen LogP contribution in [0.5, 0.6) is 0 Å². The predicted octanol–water partition coefficient (Wildman–Crippen LogP) is 0.536. The summed E-state index contributed by atoms with van der Waals surface area (Å²) in [6.45, 7) is 10.8. The minimum atomic E-state index is 0.346. The van der Waals surface area contributed by atoms with Gasteiger partial charge >= 0.3 is 0 Å². The molecule has 1 saturated heterocycles. The lowest BCUT2D eigenvalue weighted by Crippen LogP contribution is -2.45. The van der Waals surface area contributed by atoms with Crippen LogP contribution >= 0.6 is 0 Å². The Morgan fingerprint density at radius 1 is 1.29 bits per heavy atom. The number of hydrazine groups is 1. The second kappa shape index (κ2) is 7.50. The highest BCUT2D eigenvalue weighted by Gasteiger charge is 2.14. The van der Waals surface area contributed by atoms with Gasteiger partial charge in [-0.3, -0.25) is 10.4 Å². The van der Waals surface area contributed by atoms with Gasteiger partial charge in [-0.1, -0.05) is 6.92 Å². The number of nitrogens with zero attached hydrogens (tertiary/aromatic N) is 2. The molecule has 1 aliphatic rings. The first-order valence-electron chi connectivity index (χ1n) is 6.61.